The Kier molecular flexibility index (Phi) is 3.34. The van der Waals surface area contributed by atoms with Gasteiger partial charge in [-0.15, -0.1) is 0 Å². The van der Waals surface area contributed by atoms with E-state index in [1.165, 1.54) is 0 Å². The van der Waals surface area contributed by atoms with Gasteiger partial charge in [0.05, 0.1) is 11.1 Å². The first-order chi connectivity index (χ1) is 6.45. The Morgan fingerprint density at radius 1 is 1.50 bits per heavy atom. The van der Waals surface area contributed by atoms with Crippen molar-refractivity contribution in [2.75, 3.05) is 0 Å². The van der Waals surface area contributed by atoms with E-state index in [1.807, 2.05) is 0 Å². The van der Waals surface area contributed by atoms with Crippen LogP contribution in [0.3, 0.4) is 0 Å². The molecule has 0 aliphatic rings. The van der Waals surface area contributed by atoms with E-state index >= 15 is 0 Å². The highest BCUT2D eigenvalue weighted by Crippen LogP contribution is 2.29. The third kappa shape index (κ3) is 1.99. The summed E-state index contributed by atoms with van der Waals surface area (Å²) in [6.07, 6.45) is -2.46. The smallest absolute Gasteiger partial charge is 0.267 e. The summed E-state index contributed by atoms with van der Waals surface area (Å²) < 4.78 is 37.6. The van der Waals surface area contributed by atoms with Gasteiger partial charge in [-0.1, -0.05) is 11.6 Å². The molecule has 2 nitrogen and oxygen atoms in total. The van der Waals surface area contributed by atoms with Gasteiger partial charge in [0.25, 0.3) is 11.7 Å². The molecule has 0 saturated heterocycles. The second-order valence-corrected chi connectivity index (χ2v) is 2.97. The summed E-state index contributed by atoms with van der Waals surface area (Å²) in [5.74, 6) is -1.42. The second kappa shape index (κ2) is 4.14. The number of alkyl halides is 2. The fourth-order valence-electron chi connectivity index (χ4n) is 0.847. The van der Waals surface area contributed by atoms with Crippen LogP contribution in [0.25, 0.3) is 0 Å². The van der Waals surface area contributed by atoms with Crippen molar-refractivity contribution in [1.29, 1.82) is 0 Å². The summed E-state index contributed by atoms with van der Waals surface area (Å²) in [6.45, 7) is 0. The topological polar surface area (TPSA) is 30.0 Å². The van der Waals surface area contributed by atoms with Crippen LogP contribution in [0.5, 0.6) is 0 Å². The molecule has 0 aliphatic carbocycles. The quantitative estimate of drug-likeness (QED) is 0.590. The maximum Gasteiger partial charge on any atom is 0.267 e. The Hall–Kier alpha value is -0.810. The first-order valence-corrected chi connectivity index (χ1v) is 4.02. The third-order valence-electron chi connectivity index (χ3n) is 1.44. The van der Waals surface area contributed by atoms with Gasteiger partial charge < -0.3 is 0 Å². The van der Waals surface area contributed by atoms with Crippen LogP contribution in [0.2, 0.25) is 5.15 Å². The number of pyridine rings is 1. The van der Waals surface area contributed by atoms with Crippen LogP contribution in [-0.4, -0.2) is 10.2 Å². The van der Waals surface area contributed by atoms with Crippen molar-refractivity contribution in [1.82, 2.24) is 4.98 Å². The minimum Gasteiger partial charge on any atom is -0.276 e. The number of hydrogen-bond acceptors (Lipinski definition) is 2. The van der Waals surface area contributed by atoms with Crippen LogP contribution in [-0.2, 0) is 0 Å². The van der Waals surface area contributed by atoms with E-state index in [2.05, 4.69) is 4.98 Å². The lowest BCUT2D eigenvalue weighted by molar-refractivity contribution is 0.106. The van der Waals surface area contributed by atoms with Gasteiger partial charge in [0.15, 0.2) is 11.0 Å². The molecule has 14 heavy (non-hydrogen) atoms. The average molecular weight is 244 g/mol. The molecule has 0 bridgehead atoms. The SMILES string of the molecule is O=C(Cl)c1cnc(Cl)c(F)c1C(F)F. The van der Waals surface area contributed by atoms with Crippen molar-refractivity contribution in [3.8, 4) is 0 Å². The molecule has 1 heterocycles. The monoisotopic (exact) mass is 243 g/mol. The highest BCUT2D eigenvalue weighted by Gasteiger charge is 2.24. The lowest BCUT2D eigenvalue weighted by Crippen LogP contribution is -2.04. The first-order valence-electron chi connectivity index (χ1n) is 3.27. The molecule has 1 rings (SSSR count). The molecule has 7 heteroatoms. The molecule has 1 aromatic heterocycles. The van der Waals surface area contributed by atoms with E-state index in [0.717, 1.165) is 0 Å². The fourth-order valence-corrected chi connectivity index (χ4v) is 1.15. The Labute approximate surface area is 86.6 Å². The Morgan fingerprint density at radius 2 is 2.07 bits per heavy atom. The molecule has 0 radical (unpaired) electrons. The minimum absolute atomic E-state index is 0.677. The first kappa shape index (κ1) is 11.3. The maximum atomic E-state index is 13.0. The van der Waals surface area contributed by atoms with Crippen LogP contribution in [0.15, 0.2) is 6.20 Å². The Balaban J connectivity index is 3.45. The summed E-state index contributed by atoms with van der Waals surface area (Å²) >= 11 is 10.1. The predicted octanol–water partition coefficient (Wildman–Crippen LogP) is 3.19. The molecule has 0 aromatic carbocycles. The van der Waals surface area contributed by atoms with Gasteiger partial charge in [-0.3, -0.25) is 4.79 Å². The summed E-state index contributed by atoms with van der Waals surface area (Å²) in [5, 5.41) is -1.93. The number of carbonyl (C=O) groups excluding carboxylic acids is 1. The Bertz CT molecular complexity index is 383. The minimum atomic E-state index is -3.17. The number of nitrogens with zero attached hydrogens (tertiary/aromatic N) is 1. The van der Waals surface area contributed by atoms with Crippen molar-refractivity contribution >= 4 is 28.4 Å². The van der Waals surface area contributed by atoms with Gasteiger partial charge in [-0.05, 0) is 11.6 Å². The van der Waals surface area contributed by atoms with Crippen molar-refractivity contribution in [2.24, 2.45) is 0 Å². The van der Waals surface area contributed by atoms with E-state index < -0.39 is 33.8 Å². The van der Waals surface area contributed by atoms with Gasteiger partial charge >= 0.3 is 0 Å². The Morgan fingerprint density at radius 3 is 2.50 bits per heavy atom. The summed E-state index contributed by atoms with van der Waals surface area (Å²) in [4.78, 5) is 13.8. The molecular formula is C7H2Cl2F3NO. The summed E-state index contributed by atoms with van der Waals surface area (Å²) in [7, 11) is 0. The molecule has 0 spiro atoms. The zero-order valence-corrected chi connectivity index (χ0v) is 7.91. The zero-order valence-electron chi connectivity index (χ0n) is 6.40. The highest BCUT2D eigenvalue weighted by atomic mass is 35.5. The van der Waals surface area contributed by atoms with E-state index in [-0.39, 0.29) is 0 Å². The van der Waals surface area contributed by atoms with Crippen molar-refractivity contribution in [3.63, 3.8) is 0 Å². The van der Waals surface area contributed by atoms with E-state index in [1.54, 1.807) is 0 Å². The van der Waals surface area contributed by atoms with Crippen LogP contribution in [0, 0.1) is 5.82 Å². The van der Waals surface area contributed by atoms with Crippen molar-refractivity contribution < 1.29 is 18.0 Å². The molecule has 0 amide bonds. The summed E-state index contributed by atoms with van der Waals surface area (Å²) in [5.41, 5.74) is -1.80. The predicted molar refractivity (Wildman–Crippen MR) is 44.3 cm³/mol. The standard InChI is InChI=1S/C7H2Cl2F3NO/c8-5-4(10)3(7(11)12)2(1-13-5)6(9)14/h1,7H. The number of carbonyl (C=O) groups is 1. The van der Waals surface area contributed by atoms with Crippen LogP contribution >= 0.6 is 23.2 Å². The molecule has 0 aliphatic heterocycles. The van der Waals surface area contributed by atoms with Gasteiger partial charge in [-0.2, -0.15) is 0 Å². The van der Waals surface area contributed by atoms with E-state index in [0.29, 0.717) is 6.20 Å². The lowest BCUT2D eigenvalue weighted by Gasteiger charge is -2.06. The molecule has 0 atom stereocenters. The maximum absolute atomic E-state index is 13.0. The van der Waals surface area contributed by atoms with Gasteiger partial charge in [-0.25, -0.2) is 18.2 Å². The fraction of sp³-hybridized carbons (Fsp3) is 0.143. The number of aromatic nitrogens is 1. The number of halogens is 5. The van der Waals surface area contributed by atoms with Crippen LogP contribution < -0.4 is 0 Å². The lowest BCUT2D eigenvalue weighted by atomic mass is 10.1. The van der Waals surface area contributed by atoms with Gasteiger partial charge in [0, 0.05) is 6.20 Å². The zero-order chi connectivity index (χ0) is 10.9. The van der Waals surface area contributed by atoms with E-state index in [9.17, 15) is 18.0 Å². The third-order valence-corrected chi connectivity index (χ3v) is 1.91. The molecule has 76 valence electrons. The van der Waals surface area contributed by atoms with Gasteiger partial charge in [0.1, 0.15) is 0 Å². The molecule has 0 saturated carbocycles. The highest BCUT2D eigenvalue weighted by molar-refractivity contribution is 6.67. The normalized spacial score (nSPS) is 10.7. The van der Waals surface area contributed by atoms with Crippen molar-refractivity contribution in [3.05, 3.63) is 28.3 Å². The largest absolute Gasteiger partial charge is 0.276 e. The average Bonchev–Trinajstić information content (AvgIpc) is 2.08. The molecule has 1 aromatic rings. The van der Waals surface area contributed by atoms with E-state index in [4.69, 9.17) is 23.2 Å². The molecule has 0 unspecified atom stereocenters. The molecular weight excluding hydrogens is 242 g/mol. The number of rotatable bonds is 2. The van der Waals surface area contributed by atoms with Gasteiger partial charge in [0.2, 0.25) is 0 Å². The van der Waals surface area contributed by atoms with Crippen LogP contribution in [0.4, 0.5) is 13.2 Å². The van der Waals surface area contributed by atoms with Crippen LogP contribution in [0.1, 0.15) is 22.3 Å². The summed E-state index contributed by atoms with van der Waals surface area (Å²) in [6, 6.07) is 0. The molecule has 0 N–H and O–H groups in total. The number of hydrogen-bond donors (Lipinski definition) is 0. The molecule has 0 fully saturated rings. The van der Waals surface area contributed by atoms with Crippen molar-refractivity contribution in [2.45, 2.75) is 6.43 Å². The second-order valence-electron chi connectivity index (χ2n) is 2.26.